The number of benzene rings is 2. The Kier molecular flexibility index (Phi) is 4.88. The summed E-state index contributed by atoms with van der Waals surface area (Å²) in [6.07, 6.45) is 1.68. The number of hydrogen-bond donors (Lipinski definition) is 1. The van der Waals surface area contributed by atoms with Crippen molar-refractivity contribution in [3.05, 3.63) is 76.7 Å². The summed E-state index contributed by atoms with van der Waals surface area (Å²) in [6.45, 7) is 4.33. The van der Waals surface area contributed by atoms with E-state index in [0.29, 0.717) is 23.1 Å². The molecule has 0 bridgehead atoms. The van der Waals surface area contributed by atoms with Crippen LogP contribution >= 0.6 is 11.6 Å². The van der Waals surface area contributed by atoms with E-state index < -0.39 is 0 Å². The van der Waals surface area contributed by atoms with E-state index in [1.807, 2.05) is 32.0 Å². The minimum Gasteiger partial charge on any atom is -0.309 e. The van der Waals surface area contributed by atoms with Gasteiger partial charge >= 0.3 is 0 Å². The summed E-state index contributed by atoms with van der Waals surface area (Å²) in [7, 11) is 0. The second kappa shape index (κ2) is 7.48. The summed E-state index contributed by atoms with van der Waals surface area (Å²) < 4.78 is 3.40. The van der Waals surface area contributed by atoms with Crippen molar-refractivity contribution in [2.75, 3.05) is 5.32 Å². The lowest BCUT2D eigenvalue weighted by atomic mass is 10.0. The van der Waals surface area contributed by atoms with Crippen LogP contribution in [0.4, 0.5) is 5.82 Å². The molecule has 0 atom stereocenters. The summed E-state index contributed by atoms with van der Waals surface area (Å²) in [6, 6.07) is 16.2. The largest absolute Gasteiger partial charge is 0.309 e. The SMILES string of the molecule is Cc1nn(CC(=O)Nc2ccnn2Cc2cccc3ccccc23)c(C)c1Cl. The molecule has 2 aromatic heterocycles. The number of amides is 1. The molecule has 0 aliphatic rings. The summed E-state index contributed by atoms with van der Waals surface area (Å²) in [5.41, 5.74) is 2.63. The second-order valence-corrected chi connectivity index (χ2v) is 7.08. The van der Waals surface area contributed by atoms with Crippen LogP contribution in [0.3, 0.4) is 0 Å². The molecule has 28 heavy (non-hydrogen) atoms. The number of halogens is 1. The summed E-state index contributed by atoms with van der Waals surface area (Å²) in [5, 5.41) is 14.5. The van der Waals surface area contributed by atoms with Crippen LogP contribution in [0.1, 0.15) is 17.0 Å². The van der Waals surface area contributed by atoms with Crippen molar-refractivity contribution >= 4 is 34.1 Å². The van der Waals surface area contributed by atoms with E-state index in [0.717, 1.165) is 11.3 Å². The monoisotopic (exact) mass is 393 g/mol. The van der Waals surface area contributed by atoms with Gasteiger partial charge in [0, 0.05) is 6.07 Å². The van der Waals surface area contributed by atoms with Crippen LogP contribution in [0.15, 0.2) is 54.7 Å². The lowest BCUT2D eigenvalue weighted by molar-refractivity contribution is -0.117. The van der Waals surface area contributed by atoms with Crippen molar-refractivity contribution < 1.29 is 4.79 Å². The fourth-order valence-corrected chi connectivity index (χ4v) is 3.44. The zero-order valence-corrected chi connectivity index (χ0v) is 16.4. The highest BCUT2D eigenvalue weighted by Crippen LogP contribution is 2.21. The number of anilines is 1. The Bertz CT molecular complexity index is 1160. The van der Waals surface area contributed by atoms with Gasteiger partial charge in [-0.25, -0.2) is 4.68 Å². The van der Waals surface area contributed by atoms with E-state index in [4.69, 9.17) is 11.6 Å². The molecule has 0 spiro atoms. The maximum Gasteiger partial charge on any atom is 0.247 e. The first-order valence-corrected chi connectivity index (χ1v) is 9.38. The highest BCUT2D eigenvalue weighted by atomic mass is 35.5. The molecule has 4 aromatic rings. The lowest BCUT2D eigenvalue weighted by Gasteiger charge is -2.11. The van der Waals surface area contributed by atoms with Gasteiger partial charge < -0.3 is 5.32 Å². The van der Waals surface area contributed by atoms with Crippen LogP contribution in [0.2, 0.25) is 5.02 Å². The van der Waals surface area contributed by atoms with Gasteiger partial charge in [-0.2, -0.15) is 10.2 Å². The molecule has 142 valence electrons. The third-order valence-electron chi connectivity index (χ3n) is 4.77. The van der Waals surface area contributed by atoms with Crippen molar-refractivity contribution in [3.8, 4) is 0 Å². The topological polar surface area (TPSA) is 64.7 Å². The Labute approximate surface area is 167 Å². The molecule has 1 amide bonds. The molecule has 2 aromatic carbocycles. The predicted molar refractivity (Wildman–Crippen MR) is 111 cm³/mol. The molecular weight excluding hydrogens is 374 g/mol. The third kappa shape index (κ3) is 3.51. The summed E-state index contributed by atoms with van der Waals surface area (Å²) >= 11 is 6.16. The Hall–Kier alpha value is -3.12. The van der Waals surface area contributed by atoms with Crippen LogP contribution in [0.25, 0.3) is 10.8 Å². The first-order chi connectivity index (χ1) is 13.5. The van der Waals surface area contributed by atoms with Crippen molar-refractivity contribution in [1.82, 2.24) is 19.6 Å². The second-order valence-electron chi connectivity index (χ2n) is 6.70. The van der Waals surface area contributed by atoms with Crippen molar-refractivity contribution in [2.24, 2.45) is 0 Å². The molecule has 2 heterocycles. The van der Waals surface area contributed by atoms with Gasteiger partial charge in [0.2, 0.25) is 5.91 Å². The number of fused-ring (bicyclic) bond motifs is 1. The van der Waals surface area contributed by atoms with Crippen LogP contribution < -0.4 is 5.32 Å². The number of aryl methyl sites for hydroxylation is 1. The standard InChI is InChI=1S/C21H20ClN5O/c1-14-21(22)15(2)26(25-14)13-20(28)24-19-10-11-23-27(19)12-17-8-5-7-16-6-3-4-9-18(16)17/h3-11H,12-13H2,1-2H3,(H,24,28). The van der Waals surface area contributed by atoms with E-state index >= 15 is 0 Å². The molecule has 0 radical (unpaired) electrons. The van der Waals surface area contributed by atoms with Gasteiger partial charge in [0.15, 0.2) is 0 Å². The number of nitrogens with zero attached hydrogens (tertiary/aromatic N) is 4. The molecule has 7 heteroatoms. The number of rotatable bonds is 5. The lowest BCUT2D eigenvalue weighted by Crippen LogP contribution is -2.22. The fraction of sp³-hybridized carbons (Fsp3) is 0.190. The molecule has 4 rings (SSSR count). The summed E-state index contributed by atoms with van der Waals surface area (Å²) in [4.78, 5) is 12.5. The Morgan fingerprint density at radius 1 is 1.07 bits per heavy atom. The Morgan fingerprint density at radius 2 is 1.86 bits per heavy atom. The van der Waals surface area contributed by atoms with Crippen molar-refractivity contribution in [2.45, 2.75) is 26.9 Å². The average Bonchev–Trinajstić information content (AvgIpc) is 3.22. The molecule has 0 saturated heterocycles. The first-order valence-electron chi connectivity index (χ1n) is 9.01. The molecular formula is C21H20ClN5O. The molecule has 0 unspecified atom stereocenters. The molecule has 0 aliphatic heterocycles. The van der Waals surface area contributed by atoms with Gasteiger partial charge in [-0.3, -0.25) is 9.48 Å². The first kappa shape index (κ1) is 18.3. The maximum absolute atomic E-state index is 12.5. The van der Waals surface area contributed by atoms with Crippen LogP contribution in [0.5, 0.6) is 0 Å². The highest BCUT2D eigenvalue weighted by Gasteiger charge is 2.14. The van der Waals surface area contributed by atoms with E-state index in [9.17, 15) is 4.79 Å². The quantitative estimate of drug-likeness (QED) is 0.553. The van der Waals surface area contributed by atoms with Gasteiger partial charge in [0.1, 0.15) is 12.4 Å². The maximum atomic E-state index is 12.5. The van der Waals surface area contributed by atoms with E-state index in [1.54, 1.807) is 21.6 Å². The molecule has 0 saturated carbocycles. The van der Waals surface area contributed by atoms with Crippen molar-refractivity contribution in [3.63, 3.8) is 0 Å². The van der Waals surface area contributed by atoms with Gasteiger partial charge in [0.05, 0.1) is 29.2 Å². The van der Waals surface area contributed by atoms with Crippen LogP contribution in [0, 0.1) is 13.8 Å². The molecule has 6 nitrogen and oxygen atoms in total. The fourth-order valence-electron chi connectivity index (χ4n) is 3.30. The van der Waals surface area contributed by atoms with Crippen LogP contribution in [-0.4, -0.2) is 25.5 Å². The number of nitrogens with one attached hydrogen (secondary N) is 1. The number of aromatic nitrogens is 4. The minimum atomic E-state index is -0.179. The zero-order valence-electron chi connectivity index (χ0n) is 15.7. The number of carbonyl (C=O) groups excluding carboxylic acids is 1. The number of hydrogen-bond acceptors (Lipinski definition) is 3. The third-order valence-corrected chi connectivity index (χ3v) is 5.32. The minimum absolute atomic E-state index is 0.0961. The van der Waals surface area contributed by atoms with E-state index in [-0.39, 0.29) is 12.5 Å². The summed E-state index contributed by atoms with van der Waals surface area (Å²) in [5.74, 6) is 0.465. The molecule has 0 aliphatic carbocycles. The van der Waals surface area contributed by atoms with Crippen molar-refractivity contribution in [1.29, 1.82) is 0 Å². The number of carbonyl (C=O) groups is 1. The van der Waals surface area contributed by atoms with Gasteiger partial charge in [-0.1, -0.05) is 54.1 Å². The van der Waals surface area contributed by atoms with E-state index in [2.05, 4.69) is 39.8 Å². The van der Waals surface area contributed by atoms with E-state index in [1.165, 1.54) is 10.8 Å². The predicted octanol–water partition coefficient (Wildman–Crippen LogP) is 4.19. The molecule has 0 fully saturated rings. The smallest absolute Gasteiger partial charge is 0.247 e. The van der Waals surface area contributed by atoms with Gasteiger partial charge in [-0.05, 0) is 30.2 Å². The Balaban J connectivity index is 1.52. The molecule has 1 N–H and O–H groups in total. The normalized spacial score (nSPS) is 11.1. The average molecular weight is 394 g/mol. The zero-order chi connectivity index (χ0) is 19.7. The van der Waals surface area contributed by atoms with Crippen LogP contribution in [-0.2, 0) is 17.9 Å². The van der Waals surface area contributed by atoms with Gasteiger partial charge in [0.25, 0.3) is 0 Å². The highest BCUT2D eigenvalue weighted by molar-refractivity contribution is 6.31. The van der Waals surface area contributed by atoms with Gasteiger partial charge in [-0.15, -0.1) is 0 Å². The Morgan fingerprint density at radius 3 is 2.64 bits per heavy atom.